The summed E-state index contributed by atoms with van der Waals surface area (Å²) >= 11 is 9.96. The maximum atomic E-state index is 14.8. The second kappa shape index (κ2) is 10.7. The van der Waals surface area contributed by atoms with Gasteiger partial charge in [-0.2, -0.15) is 0 Å². The smallest absolute Gasteiger partial charge is 0.251 e. The first-order valence-corrected chi connectivity index (χ1v) is 12.2. The Morgan fingerprint density at radius 3 is 1.78 bits per heavy atom. The first-order chi connectivity index (χ1) is 16.7. The van der Waals surface area contributed by atoms with Gasteiger partial charge in [-0.25, -0.2) is 8.78 Å². The molecule has 0 spiro atoms. The monoisotopic (exact) mass is 548 g/mol. The zero-order valence-electron chi connectivity index (χ0n) is 20.2. The Kier molecular flexibility index (Phi) is 8.47. The number of aliphatic hydroxyl groups excluding tert-OH is 2. The minimum Gasteiger partial charge on any atom is -0.394 e. The second-order valence-corrected chi connectivity index (χ2v) is 9.99. The van der Waals surface area contributed by atoms with Gasteiger partial charge in [-0.1, -0.05) is 13.8 Å². The Bertz CT molecular complexity index is 1210. The van der Waals surface area contributed by atoms with E-state index in [1.165, 1.54) is 40.6 Å². The molecule has 10 nitrogen and oxygen atoms in total. The van der Waals surface area contributed by atoms with E-state index in [2.05, 4.69) is 9.97 Å². The van der Waals surface area contributed by atoms with Crippen molar-refractivity contribution in [3.8, 4) is 0 Å². The number of aromatic nitrogens is 4. The number of hydrogen-bond donors (Lipinski definition) is 4. The van der Waals surface area contributed by atoms with Crippen LogP contribution in [0.4, 0.5) is 8.78 Å². The molecule has 0 aliphatic carbocycles. The molecule has 2 aromatic heterocycles. The summed E-state index contributed by atoms with van der Waals surface area (Å²) in [4.78, 5) is 27.0. The molecule has 8 atom stereocenters. The number of halogens is 2. The first-order valence-electron chi connectivity index (χ1n) is 11.4. The zero-order chi connectivity index (χ0) is 27.0. The van der Waals surface area contributed by atoms with Crippen molar-refractivity contribution in [2.45, 2.75) is 76.2 Å². The van der Waals surface area contributed by atoms with Crippen LogP contribution >= 0.6 is 24.4 Å². The van der Waals surface area contributed by atoms with Gasteiger partial charge >= 0.3 is 0 Å². The molecular formula is C22H30F2N4O6S2. The van der Waals surface area contributed by atoms with Gasteiger partial charge in [-0.05, 0) is 44.7 Å². The summed E-state index contributed by atoms with van der Waals surface area (Å²) in [6.45, 7) is 5.97. The average molecular weight is 549 g/mol. The molecule has 0 radical (unpaired) electrons. The molecule has 4 heterocycles. The predicted molar refractivity (Wildman–Crippen MR) is 131 cm³/mol. The molecule has 0 bridgehead atoms. The van der Waals surface area contributed by atoms with Crippen molar-refractivity contribution in [2.24, 2.45) is 5.92 Å². The SMILES string of the molecule is CC1(F)[C@@H](O)[C@@H](CO)O[C@H]1n1ccc(=O)[nH]c1=S.CC[C@H]1O[C@@H](n2ccc(=O)[nH]c2=S)C(C)(F)[C@H]1C. The maximum Gasteiger partial charge on any atom is 0.251 e. The molecule has 2 fully saturated rings. The molecule has 0 saturated carbocycles. The lowest BCUT2D eigenvalue weighted by atomic mass is 9.88. The van der Waals surface area contributed by atoms with E-state index in [-0.39, 0.29) is 27.1 Å². The fraction of sp³-hybridized carbons (Fsp3) is 0.636. The van der Waals surface area contributed by atoms with Crippen LogP contribution in [0, 0.1) is 15.5 Å². The molecule has 2 saturated heterocycles. The van der Waals surface area contributed by atoms with Crippen molar-refractivity contribution in [3.05, 3.63) is 54.8 Å². The lowest BCUT2D eigenvalue weighted by Crippen LogP contribution is -2.40. The van der Waals surface area contributed by atoms with Crippen LogP contribution in [0.3, 0.4) is 0 Å². The number of nitrogens with one attached hydrogen (secondary N) is 2. The highest BCUT2D eigenvalue weighted by atomic mass is 32.1. The molecule has 2 unspecified atom stereocenters. The predicted octanol–water partition coefficient (Wildman–Crippen LogP) is 2.46. The summed E-state index contributed by atoms with van der Waals surface area (Å²) in [7, 11) is 0. The molecule has 4 N–H and O–H groups in total. The Morgan fingerprint density at radius 1 is 0.972 bits per heavy atom. The summed E-state index contributed by atoms with van der Waals surface area (Å²) in [6.07, 6.45) is -1.12. The van der Waals surface area contributed by atoms with E-state index in [4.69, 9.17) is 39.0 Å². The molecule has 200 valence electrons. The van der Waals surface area contributed by atoms with Crippen molar-refractivity contribution in [3.63, 3.8) is 0 Å². The van der Waals surface area contributed by atoms with Gasteiger partial charge in [0.25, 0.3) is 11.1 Å². The summed E-state index contributed by atoms with van der Waals surface area (Å²) in [6, 6.07) is 2.49. The van der Waals surface area contributed by atoms with E-state index in [0.29, 0.717) is 0 Å². The van der Waals surface area contributed by atoms with Crippen molar-refractivity contribution >= 4 is 24.4 Å². The van der Waals surface area contributed by atoms with Gasteiger partial charge in [-0.3, -0.25) is 28.7 Å². The Labute approximate surface area is 215 Å². The van der Waals surface area contributed by atoms with Crippen LogP contribution in [0.1, 0.15) is 46.6 Å². The number of alkyl halides is 2. The Hall–Kier alpha value is -2.10. The van der Waals surface area contributed by atoms with Crippen LogP contribution in [-0.2, 0) is 9.47 Å². The number of rotatable bonds is 4. The van der Waals surface area contributed by atoms with Crippen LogP contribution in [0.15, 0.2) is 34.1 Å². The minimum absolute atomic E-state index is 0.0119. The average Bonchev–Trinajstić information content (AvgIpc) is 3.17. The van der Waals surface area contributed by atoms with Gasteiger partial charge in [0.2, 0.25) is 0 Å². The normalized spacial score (nSPS) is 35.9. The van der Waals surface area contributed by atoms with Crippen LogP contribution in [-0.4, -0.2) is 65.6 Å². The number of aliphatic hydroxyl groups is 2. The van der Waals surface area contributed by atoms with Crippen molar-refractivity contribution in [2.75, 3.05) is 6.61 Å². The van der Waals surface area contributed by atoms with E-state index < -0.39 is 48.2 Å². The Balaban J connectivity index is 0.000000201. The van der Waals surface area contributed by atoms with Gasteiger partial charge in [0.1, 0.15) is 12.2 Å². The molecule has 0 amide bonds. The number of nitrogens with zero attached hydrogens (tertiary/aromatic N) is 2. The van der Waals surface area contributed by atoms with Crippen LogP contribution in [0.5, 0.6) is 0 Å². The van der Waals surface area contributed by atoms with E-state index in [1.807, 2.05) is 13.8 Å². The topological polar surface area (TPSA) is 134 Å². The number of H-pyrrole nitrogens is 2. The fourth-order valence-electron chi connectivity index (χ4n) is 4.38. The van der Waals surface area contributed by atoms with E-state index in [1.54, 1.807) is 0 Å². The van der Waals surface area contributed by atoms with Gasteiger partial charge < -0.3 is 19.7 Å². The van der Waals surface area contributed by atoms with Crippen molar-refractivity contribution < 1.29 is 28.5 Å². The minimum atomic E-state index is -2.12. The highest BCUT2D eigenvalue weighted by molar-refractivity contribution is 7.71. The van der Waals surface area contributed by atoms with Crippen LogP contribution in [0.25, 0.3) is 0 Å². The largest absolute Gasteiger partial charge is 0.394 e. The molecule has 36 heavy (non-hydrogen) atoms. The number of hydrogen-bond acceptors (Lipinski definition) is 8. The fourth-order valence-corrected chi connectivity index (χ4v) is 4.89. The molecule has 2 aliphatic heterocycles. The number of aromatic amines is 2. The van der Waals surface area contributed by atoms with Gasteiger partial charge in [0.05, 0.1) is 12.7 Å². The first kappa shape index (κ1) is 28.5. The van der Waals surface area contributed by atoms with E-state index >= 15 is 0 Å². The van der Waals surface area contributed by atoms with Gasteiger partial charge in [0, 0.05) is 30.4 Å². The summed E-state index contributed by atoms with van der Waals surface area (Å²) in [5.74, 6) is -0.221. The summed E-state index contributed by atoms with van der Waals surface area (Å²) in [5, 5.41) is 18.7. The molecule has 4 rings (SSSR count). The molecular weight excluding hydrogens is 518 g/mol. The standard InChI is InChI=1S/C12H17FN2O2S.C10H13FN2O4S/c1-4-8-7(2)12(3,13)10(17-8)15-6-5-9(16)14-11(15)18;1-10(11)7(16)5(4-14)17-8(10)13-3-2-6(15)12-9(13)18/h5-8,10H,4H2,1-3H3,(H,14,16,18);2-3,5,7-8,14,16H,4H2,1H3,(H,12,15,18)/t7-,8+,10+,12?;5-,7+,8-,10?/m01/s1. The van der Waals surface area contributed by atoms with Gasteiger partial charge in [0.15, 0.2) is 33.3 Å². The highest BCUT2D eigenvalue weighted by Crippen LogP contribution is 2.46. The van der Waals surface area contributed by atoms with E-state index in [0.717, 1.165) is 13.3 Å². The molecule has 14 heteroatoms. The summed E-state index contributed by atoms with van der Waals surface area (Å²) in [5.41, 5.74) is -4.34. The van der Waals surface area contributed by atoms with Gasteiger partial charge in [-0.15, -0.1) is 0 Å². The molecule has 2 aromatic rings. The van der Waals surface area contributed by atoms with Crippen molar-refractivity contribution in [1.29, 1.82) is 0 Å². The zero-order valence-corrected chi connectivity index (χ0v) is 21.8. The quantitative estimate of drug-likeness (QED) is 0.428. The lowest BCUT2D eigenvalue weighted by molar-refractivity contribution is -0.0601. The second-order valence-electron chi connectivity index (χ2n) is 9.22. The third-order valence-electron chi connectivity index (χ3n) is 6.74. The van der Waals surface area contributed by atoms with E-state index in [9.17, 15) is 23.5 Å². The third kappa shape index (κ3) is 5.29. The highest BCUT2D eigenvalue weighted by Gasteiger charge is 2.55. The maximum absolute atomic E-state index is 14.8. The van der Waals surface area contributed by atoms with Crippen LogP contribution < -0.4 is 11.1 Å². The van der Waals surface area contributed by atoms with Crippen LogP contribution in [0.2, 0.25) is 0 Å². The lowest BCUT2D eigenvalue weighted by Gasteiger charge is -2.26. The molecule has 2 aliphatic rings. The molecule has 0 aromatic carbocycles. The Morgan fingerprint density at radius 2 is 1.42 bits per heavy atom. The number of ether oxygens (including phenoxy) is 2. The van der Waals surface area contributed by atoms with Crippen molar-refractivity contribution in [1.82, 2.24) is 19.1 Å². The summed E-state index contributed by atoms with van der Waals surface area (Å²) < 4.78 is 43.1. The third-order valence-corrected chi connectivity index (χ3v) is 7.37.